The molecule has 8 heteroatoms. The van der Waals surface area contributed by atoms with Crippen LogP contribution in [0.25, 0.3) is 5.69 Å². The number of nitrogens with one attached hydrogen (secondary N) is 1. The number of carbonyl (C=O) groups is 1. The van der Waals surface area contributed by atoms with E-state index in [0.717, 1.165) is 13.0 Å². The van der Waals surface area contributed by atoms with Crippen LogP contribution in [-0.2, 0) is 0 Å². The number of likely N-dealkylation sites (tertiary alicyclic amines) is 1. The van der Waals surface area contributed by atoms with E-state index in [9.17, 15) is 4.79 Å². The van der Waals surface area contributed by atoms with E-state index in [1.807, 2.05) is 0 Å². The van der Waals surface area contributed by atoms with Crippen molar-refractivity contribution in [3.63, 3.8) is 0 Å². The summed E-state index contributed by atoms with van der Waals surface area (Å²) in [5.41, 5.74) is 1.18. The molecule has 1 saturated heterocycles. The van der Waals surface area contributed by atoms with Crippen LogP contribution in [0.15, 0.2) is 30.6 Å². The predicted molar refractivity (Wildman–Crippen MR) is 83.7 cm³/mol. The van der Waals surface area contributed by atoms with Gasteiger partial charge in [0.25, 0.3) is 5.91 Å². The summed E-state index contributed by atoms with van der Waals surface area (Å²) < 4.78 is 1.46. The normalized spacial score (nSPS) is 16.4. The summed E-state index contributed by atoms with van der Waals surface area (Å²) in [4.78, 5) is 17.8. The van der Waals surface area contributed by atoms with E-state index in [1.165, 1.54) is 11.0 Å². The lowest BCUT2D eigenvalue weighted by Crippen LogP contribution is -2.31. The van der Waals surface area contributed by atoms with E-state index in [1.54, 1.807) is 29.2 Å². The average Bonchev–Trinajstić information content (AvgIpc) is 3.29. The standard InChI is InChI=1S/C16H15N7O/c17-7-12-2-1-3-14(6-12)23-11-20-15(21-23)16(24)19-8-13-4-5-22(9-13)10-18/h1-3,6,11,13H,4-5,8-9H2,(H,19,24). The molecule has 3 rings (SSSR count). The van der Waals surface area contributed by atoms with Crippen molar-refractivity contribution in [2.75, 3.05) is 19.6 Å². The second kappa shape index (κ2) is 6.80. The van der Waals surface area contributed by atoms with Gasteiger partial charge in [0.05, 0.1) is 17.3 Å². The number of rotatable bonds is 4. The highest BCUT2D eigenvalue weighted by Gasteiger charge is 2.22. The molecule has 0 aliphatic carbocycles. The van der Waals surface area contributed by atoms with Crippen LogP contribution in [-0.4, -0.2) is 45.2 Å². The molecule has 1 unspecified atom stereocenters. The van der Waals surface area contributed by atoms with Crippen LogP contribution >= 0.6 is 0 Å². The van der Waals surface area contributed by atoms with Gasteiger partial charge in [-0.05, 0) is 30.5 Å². The number of carbonyl (C=O) groups excluding carboxylic acids is 1. The van der Waals surface area contributed by atoms with Crippen molar-refractivity contribution in [1.82, 2.24) is 25.0 Å². The first-order chi connectivity index (χ1) is 11.7. The molecule has 8 nitrogen and oxygen atoms in total. The fourth-order valence-corrected chi connectivity index (χ4v) is 2.62. The lowest BCUT2D eigenvalue weighted by Gasteiger charge is -2.09. The van der Waals surface area contributed by atoms with Gasteiger partial charge in [-0.1, -0.05) is 6.07 Å². The van der Waals surface area contributed by atoms with Gasteiger partial charge in [0.2, 0.25) is 5.82 Å². The van der Waals surface area contributed by atoms with Gasteiger partial charge in [-0.25, -0.2) is 9.67 Å². The van der Waals surface area contributed by atoms with Gasteiger partial charge < -0.3 is 10.2 Å². The van der Waals surface area contributed by atoms with Crippen LogP contribution in [0.4, 0.5) is 0 Å². The lowest BCUT2D eigenvalue weighted by atomic mass is 10.1. The fourth-order valence-electron chi connectivity index (χ4n) is 2.62. The van der Waals surface area contributed by atoms with Crippen LogP contribution in [0, 0.1) is 28.7 Å². The fraction of sp³-hybridized carbons (Fsp3) is 0.312. The Kier molecular flexibility index (Phi) is 4.39. The van der Waals surface area contributed by atoms with Crippen LogP contribution in [0.5, 0.6) is 0 Å². The largest absolute Gasteiger partial charge is 0.349 e. The van der Waals surface area contributed by atoms with Crippen molar-refractivity contribution < 1.29 is 4.79 Å². The molecule has 1 N–H and O–H groups in total. The Bertz CT molecular complexity index is 829. The van der Waals surface area contributed by atoms with E-state index in [4.69, 9.17) is 10.5 Å². The zero-order valence-electron chi connectivity index (χ0n) is 12.9. The van der Waals surface area contributed by atoms with Gasteiger partial charge in [0.15, 0.2) is 6.19 Å². The first-order valence-corrected chi connectivity index (χ1v) is 7.54. The van der Waals surface area contributed by atoms with Crippen LogP contribution in [0.2, 0.25) is 0 Å². The Morgan fingerprint density at radius 1 is 1.42 bits per heavy atom. The summed E-state index contributed by atoms with van der Waals surface area (Å²) in [5.74, 6) is -0.00362. The van der Waals surface area contributed by atoms with Crippen molar-refractivity contribution in [3.8, 4) is 17.9 Å². The van der Waals surface area contributed by atoms with E-state index in [2.05, 4.69) is 27.7 Å². The van der Waals surface area contributed by atoms with Crippen molar-refractivity contribution in [2.24, 2.45) is 5.92 Å². The van der Waals surface area contributed by atoms with Crippen molar-refractivity contribution in [1.29, 1.82) is 10.5 Å². The minimum atomic E-state index is -0.347. The van der Waals surface area contributed by atoms with E-state index >= 15 is 0 Å². The van der Waals surface area contributed by atoms with Crippen molar-refractivity contribution >= 4 is 5.91 Å². The minimum absolute atomic E-state index is 0.0764. The zero-order valence-corrected chi connectivity index (χ0v) is 12.9. The molecule has 0 radical (unpaired) electrons. The SMILES string of the molecule is N#Cc1cccc(-n2cnc(C(=O)NCC3CCN(C#N)C3)n2)c1. The predicted octanol–water partition coefficient (Wildman–Crippen LogP) is 0.672. The number of hydrogen-bond donors (Lipinski definition) is 1. The molecule has 1 aromatic carbocycles. The number of aromatic nitrogens is 3. The van der Waals surface area contributed by atoms with E-state index < -0.39 is 0 Å². The first-order valence-electron chi connectivity index (χ1n) is 7.54. The molecule has 1 amide bonds. The smallest absolute Gasteiger partial charge is 0.290 e. The highest BCUT2D eigenvalue weighted by Crippen LogP contribution is 2.14. The van der Waals surface area contributed by atoms with Crippen LogP contribution in [0.3, 0.4) is 0 Å². The van der Waals surface area contributed by atoms with Gasteiger partial charge in [-0.3, -0.25) is 4.79 Å². The summed E-state index contributed by atoms with van der Waals surface area (Å²) in [6.07, 6.45) is 4.44. The van der Waals surface area contributed by atoms with Crippen LogP contribution in [0.1, 0.15) is 22.6 Å². The Balaban J connectivity index is 1.62. The number of benzene rings is 1. The molecule has 1 aliphatic rings. The minimum Gasteiger partial charge on any atom is -0.349 e. The zero-order chi connectivity index (χ0) is 16.9. The maximum atomic E-state index is 12.1. The summed E-state index contributed by atoms with van der Waals surface area (Å²) in [6.45, 7) is 1.90. The third-order valence-electron chi connectivity index (χ3n) is 3.91. The maximum absolute atomic E-state index is 12.1. The molecule has 2 aromatic rings. The third kappa shape index (κ3) is 3.33. The summed E-state index contributed by atoms with van der Waals surface area (Å²) in [5, 5.41) is 24.7. The number of hydrogen-bond acceptors (Lipinski definition) is 6. The van der Waals surface area contributed by atoms with Gasteiger partial charge >= 0.3 is 0 Å². The van der Waals surface area contributed by atoms with Crippen LogP contribution < -0.4 is 5.32 Å². The summed E-state index contributed by atoms with van der Waals surface area (Å²) >= 11 is 0. The third-order valence-corrected chi connectivity index (χ3v) is 3.91. The van der Waals surface area contributed by atoms with Gasteiger partial charge in [-0.2, -0.15) is 10.5 Å². The molecule has 2 heterocycles. The second-order valence-electron chi connectivity index (χ2n) is 5.59. The van der Waals surface area contributed by atoms with E-state index in [0.29, 0.717) is 24.3 Å². The Labute approximate surface area is 138 Å². The van der Waals surface area contributed by atoms with Gasteiger partial charge in [-0.15, -0.1) is 5.10 Å². The topological polar surface area (TPSA) is 111 Å². The second-order valence-corrected chi connectivity index (χ2v) is 5.59. The van der Waals surface area contributed by atoms with Gasteiger partial charge in [0.1, 0.15) is 6.33 Å². The molecule has 1 fully saturated rings. The molecule has 120 valence electrons. The first kappa shape index (κ1) is 15.5. The van der Waals surface area contributed by atoms with Crippen molar-refractivity contribution in [2.45, 2.75) is 6.42 Å². The summed E-state index contributed by atoms with van der Waals surface area (Å²) in [7, 11) is 0. The number of amides is 1. The Morgan fingerprint density at radius 2 is 2.29 bits per heavy atom. The molecule has 1 aromatic heterocycles. The van der Waals surface area contributed by atoms with Crippen molar-refractivity contribution in [3.05, 3.63) is 42.0 Å². The lowest BCUT2D eigenvalue weighted by molar-refractivity contribution is 0.0937. The Morgan fingerprint density at radius 3 is 3.04 bits per heavy atom. The van der Waals surface area contributed by atoms with Gasteiger partial charge in [0, 0.05) is 19.6 Å². The highest BCUT2D eigenvalue weighted by atomic mass is 16.2. The number of nitrogens with zero attached hydrogens (tertiary/aromatic N) is 6. The molecule has 1 aliphatic heterocycles. The Hall–Kier alpha value is -3.39. The molecular weight excluding hydrogens is 306 g/mol. The molecular formula is C16H15N7O. The molecule has 0 spiro atoms. The summed E-state index contributed by atoms with van der Waals surface area (Å²) in [6, 6.07) is 8.96. The molecule has 0 bridgehead atoms. The van der Waals surface area contributed by atoms with E-state index in [-0.39, 0.29) is 17.6 Å². The quantitative estimate of drug-likeness (QED) is 0.829. The average molecular weight is 321 g/mol. The highest BCUT2D eigenvalue weighted by molar-refractivity contribution is 5.90. The monoisotopic (exact) mass is 321 g/mol. The number of nitriles is 2. The molecule has 24 heavy (non-hydrogen) atoms. The maximum Gasteiger partial charge on any atom is 0.290 e. The molecule has 0 saturated carbocycles. The molecule has 1 atom stereocenters.